The molecule has 29 heavy (non-hydrogen) atoms. The van der Waals surface area contributed by atoms with Crippen LogP contribution in [0.25, 0.3) is 0 Å². The van der Waals surface area contributed by atoms with Crippen LogP contribution in [0, 0.1) is 6.92 Å². The molecule has 8 heteroatoms. The van der Waals surface area contributed by atoms with Gasteiger partial charge in [-0.05, 0) is 42.7 Å². The van der Waals surface area contributed by atoms with Crippen molar-refractivity contribution in [2.45, 2.75) is 26.3 Å². The molecule has 3 aromatic rings. The molecular formula is C21H21N3O4S. The highest BCUT2D eigenvalue weighted by Gasteiger charge is 2.25. The lowest BCUT2D eigenvalue weighted by molar-refractivity contribution is -0.123. The van der Waals surface area contributed by atoms with Gasteiger partial charge in [-0.25, -0.2) is 0 Å². The number of aryl methyl sites for hydroxylation is 2. The Hall–Kier alpha value is -3.39. The van der Waals surface area contributed by atoms with Crippen LogP contribution in [0.15, 0.2) is 59.2 Å². The van der Waals surface area contributed by atoms with E-state index in [2.05, 4.69) is 16.2 Å². The van der Waals surface area contributed by atoms with Crippen molar-refractivity contribution in [3.8, 4) is 0 Å². The smallest absolute Gasteiger partial charge is 0.287 e. The van der Waals surface area contributed by atoms with Gasteiger partial charge in [0.1, 0.15) is 6.04 Å². The second-order valence-corrected chi connectivity index (χ2v) is 7.44. The van der Waals surface area contributed by atoms with E-state index in [9.17, 15) is 14.4 Å². The maximum Gasteiger partial charge on any atom is 0.287 e. The first-order valence-electron chi connectivity index (χ1n) is 9.08. The molecule has 0 radical (unpaired) electrons. The first kappa shape index (κ1) is 20.3. The van der Waals surface area contributed by atoms with Crippen LogP contribution >= 0.6 is 11.3 Å². The molecule has 0 aliphatic heterocycles. The Morgan fingerprint density at radius 1 is 1.03 bits per heavy atom. The molecule has 0 spiro atoms. The Labute approximate surface area is 172 Å². The summed E-state index contributed by atoms with van der Waals surface area (Å²) in [5.41, 5.74) is 6.43. The first-order valence-corrected chi connectivity index (χ1v) is 9.90. The number of nitrogens with one attached hydrogen (secondary N) is 3. The van der Waals surface area contributed by atoms with E-state index < -0.39 is 23.8 Å². The Morgan fingerprint density at radius 3 is 2.41 bits per heavy atom. The third-order valence-electron chi connectivity index (χ3n) is 4.28. The van der Waals surface area contributed by atoms with Gasteiger partial charge in [0.15, 0.2) is 5.76 Å². The van der Waals surface area contributed by atoms with Crippen LogP contribution in [-0.4, -0.2) is 17.7 Å². The quantitative estimate of drug-likeness (QED) is 0.543. The van der Waals surface area contributed by atoms with E-state index >= 15 is 0 Å². The highest BCUT2D eigenvalue weighted by Crippen LogP contribution is 2.22. The average Bonchev–Trinajstić information content (AvgIpc) is 3.40. The summed E-state index contributed by atoms with van der Waals surface area (Å²) < 4.78 is 5.08. The van der Waals surface area contributed by atoms with Crippen LogP contribution in [0.2, 0.25) is 0 Å². The molecule has 3 amide bonds. The number of carbonyl (C=O) groups excluding carboxylic acids is 3. The third kappa shape index (κ3) is 4.91. The van der Waals surface area contributed by atoms with Crippen LogP contribution in [0.1, 0.15) is 49.2 Å². The molecule has 150 valence electrons. The average molecular weight is 411 g/mol. The lowest BCUT2D eigenvalue weighted by atomic mass is 10.1. The van der Waals surface area contributed by atoms with E-state index in [1.807, 2.05) is 13.8 Å². The zero-order valence-electron chi connectivity index (χ0n) is 16.0. The largest absolute Gasteiger partial charge is 0.459 e. The minimum atomic E-state index is -1.01. The fraction of sp³-hybridized carbons (Fsp3) is 0.190. The molecule has 2 heterocycles. The van der Waals surface area contributed by atoms with Gasteiger partial charge in [0.05, 0.1) is 11.1 Å². The van der Waals surface area contributed by atoms with Crippen molar-refractivity contribution in [2.75, 3.05) is 0 Å². The topological polar surface area (TPSA) is 100 Å². The van der Waals surface area contributed by atoms with E-state index in [-0.39, 0.29) is 5.76 Å². The third-order valence-corrected chi connectivity index (χ3v) is 5.66. The number of thiophene rings is 1. The van der Waals surface area contributed by atoms with Crippen molar-refractivity contribution in [1.82, 2.24) is 16.2 Å². The fourth-order valence-corrected chi connectivity index (χ4v) is 3.80. The number of benzene rings is 1. The van der Waals surface area contributed by atoms with Crippen LogP contribution < -0.4 is 16.2 Å². The van der Waals surface area contributed by atoms with Gasteiger partial charge in [0, 0.05) is 4.88 Å². The Bertz CT molecular complexity index is 996. The summed E-state index contributed by atoms with van der Waals surface area (Å²) in [6, 6.07) is 12.6. The normalized spacial score (nSPS) is 11.5. The summed E-state index contributed by atoms with van der Waals surface area (Å²) >= 11 is 1.39. The Morgan fingerprint density at radius 2 is 1.79 bits per heavy atom. The van der Waals surface area contributed by atoms with E-state index in [4.69, 9.17) is 4.42 Å². The lowest BCUT2D eigenvalue weighted by Crippen LogP contribution is -2.48. The molecule has 0 saturated carbocycles. The van der Waals surface area contributed by atoms with Crippen LogP contribution in [0.3, 0.4) is 0 Å². The summed E-state index contributed by atoms with van der Waals surface area (Å²) in [6.07, 6.45) is 2.21. The molecule has 0 saturated heterocycles. The van der Waals surface area contributed by atoms with Gasteiger partial charge in [-0.15, -0.1) is 11.3 Å². The number of carbonyl (C=O) groups is 3. The van der Waals surface area contributed by atoms with E-state index in [0.717, 1.165) is 16.9 Å². The van der Waals surface area contributed by atoms with Gasteiger partial charge >= 0.3 is 0 Å². The molecule has 7 nitrogen and oxygen atoms in total. The van der Waals surface area contributed by atoms with Gasteiger partial charge in [0.25, 0.3) is 17.7 Å². The van der Waals surface area contributed by atoms with Gasteiger partial charge in [-0.3, -0.25) is 25.2 Å². The number of hydrazine groups is 1. The minimum Gasteiger partial charge on any atom is -0.459 e. The standard InChI is InChI=1S/C21H21N3O4S/c1-3-16-13(2)12-17(29-16)20(26)23-24-21(27)18(14-8-5-4-6-9-14)22-19(25)15-10-7-11-28-15/h4-12,18H,3H2,1-2H3,(H,22,25)(H,23,26)(H,24,27)/t18-/m1/s1. The summed E-state index contributed by atoms with van der Waals surface area (Å²) in [5, 5.41) is 2.63. The SMILES string of the molecule is CCc1sc(C(=O)NNC(=O)[C@H](NC(=O)c2ccco2)c2ccccc2)cc1C. The maximum atomic E-state index is 12.7. The number of amides is 3. The predicted molar refractivity (Wildman–Crippen MR) is 109 cm³/mol. The summed E-state index contributed by atoms with van der Waals surface area (Å²) in [7, 11) is 0. The monoisotopic (exact) mass is 411 g/mol. The van der Waals surface area contributed by atoms with Gasteiger partial charge in [0.2, 0.25) is 0 Å². The maximum absolute atomic E-state index is 12.7. The van der Waals surface area contributed by atoms with E-state index in [0.29, 0.717) is 10.4 Å². The minimum absolute atomic E-state index is 0.0870. The van der Waals surface area contributed by atoms with Crippen LogP contribution in [0.4, 0.5) is 0 Å². The molecular weight excluding hydrogens is 390 g/mol. The van der Waals surface area contributed by atoms with Gasteiger partial charge < -0.3 is 9.73 Å². The van der Waals surface area contributed by atoms with Gasteiger partial charge in [-0.1, -0.05) is 37.3 Å². The highest BCUT2D eigenvalue weighted by atomic mass is 32.1. The molecule has 1 aromatic carbocycles. The molecule has 0 bridgehead atoms. The molecule has 0 unspecified atom stereocenters. The van der Waals surface area contributed by atoms with Crippen molar-refractivity contribution in [3.63, 3.8) is 0 Å². The molecule has 3 N–H and O–H groups in total. The predicted octanol–water partition coefficient (Wildman–Crippen LogP) is 3.14. The molecule has 3 rings (SSSR count). The summed E-state index contributed by atoms with van der Waals surface area (Å²) in [5.74, 6) is -1.43. The number of hydrogen-bond donors (Lipinski definition) is 3. The summed E-state index contributed by atoms with van der Waals surface area (Å²) in [6.45, 7) is 3.97. The zero-order valence-corrected chi connectivity index (χ0v) is 16.8. The van der Waals surface area contributed by atoms with Crippen molar-refractivity contribution < 1.29 is 18.8 Å². The molecule has 0 fully saturated rings. The lowest BCUT2D eigenvalue weighted by Gasteiger charge is -2.18. The molecule has 0 aliphatic carbocycles. The number of rotatable bonds is 6. The molecule has 2 aromatic heterocycles. The van der Waals surface area contributed by atoms with Gasteiger partial charge in [-0.2, -0.15) is 0 Å². The zero-order chi connectivity index (χ0) is 20.8. The van der Waals surface area contributed by atoms with Crippen molar-refractivity contribution in [2.24, 2.45) is 0 Å². The summed E-state index contributed by atoms with van der Waals surface area (Å²) in [4.78, 5) is 39.1. The number of hydrogen-bond acceptors (Lipinski definition) is 5. The van der Waals surface area contributed by atoms with Crippen molar-refractivity contribution in [3.05, 3.63) is 81.4 Å². The van der Waals surface area contributed by atoms with E-state index in [1.165, 1.54) is 23.7 Å². The highest BCUT2D eigenvalue weighted by molar-refractivity contribution is 7.14. The van der Waals surface area contributed by atoms with Crippen molar-refractivity contribution >= 4 is 29.1 Å². The van der Waals surface area contributed by atoms with Crippen LogP contribution in [-0.2, 0) is 11.2 Å². The Kier molecular flexibility index (Phi) is 6.46. The molecule has 0 aliphatic rings. The van der Waals surface area contributed by atoms with Crippen LogP contribution in [0.5, 0.6) is 0 Å². The Balaban J connectivity index is 1.70. The van der Waals surface area contributed by atoms with E-state index in [1.54, 1.807) is 42.5 Å². The number of furan rings is 1. The van der Waals surface area contributed by atoms with Crippen molar-refractivity contribution in [1.29, 1.82) is 0 Å². The second kappa shape index (κ2) is 9.20. The fourth-order valence-electron chi connectivity index (χ4n) is 2.79. The second-order valence-electron chi connectivity index (χ2n) is 6.31. The first-order chi connectivity index (χ1) is 14.0. The molecule has 1 atom stereocenters.